The number of amides is 1. The molecule has 0 aromatic rings. The van der Waals surface area contributed by atoms with Gasteiger partial charge in [-0.3, -0.25) is 4.79 Å². The maximum Gasteiger partial charge on any atom is 0.223 e. The first-order chi connectivity index (χ1) is 14.3. The lowest BCUT2D eigenvalue weighted by atomic mass is 9.78. The highest BCUT2D eigenvalue weighted by Crippen LogP contribution is 2.36. The Bertz CT molecular complexity index is 519. The van der Waals surface area contributed by atoms with Crippen LogP contribution in [0.3, 0.4) is 0 Å². The van der Waals surface area contributed by atoms with Crippen molar-refractivity contribution < 1.29 is 4.79 Å². The highest BCUT2D eigenvalue weighted by Gasteiger charge is 2.28. The van der Waals surface area contributed by atoms with Crippen molar-refractivity contribution in [3.05, 3.63) is 0 Å². The second kappa shape index (κ2) is 12.5. The molecule has 3 fully saturated rings. The number of hydrogen-bond acceptors (Lipinski definition) is 3. The van der Waals surface area contributed by atoms with Gasteiger partial charge in [-0.15, -0.1) is 0 Å². The van der Waals surface area contributed by atoms with Gasteiger partial charge >= 0.3 is 0 Å². The van der Waals surface area contributed by atoms with Gasteiger partial charge in [0.05, 0.1) is 0 Å². The summed E-state index contributed by atoms with van der Waals surface area (Å²) in [5.74, 6) is 2.28. The Morgan fingerprint density at radius 3 is 1.86 bits per heavy atom. The minimum Gasteiger partial charge on any atom is -0.351 e. The Hall–Kier alpha value is -1.24. The van der Waals surface area contributed by atoms with Gasteiger partial charge in [0.15, 0.2) is 6.19 Å². The molecule has 29 heavy (non-hydrogen) atoms. The zero-order valence-corrected chi connectivity index (χ0v) is 18.5. The molecule has 3 aliphatic rings. The van der Waals surface area contributed by atoms with E-state index in [9.17, 15) is 4.79 Å². The molecule has 0 spiro atoms. The standard InChI is InChI=1S/C25H43N3O/c26-20-28-18-17-24(19-28)27-25(29)23-14-9-8-13-22(15-10-16-23)21-11-6-4-2-1-3-5-7-12-21/h21-24H,1-19H2,(H,27,29)/t22?,23?,24-/m1/s1. The SMILES string of the molecule is N#CN1CC[C@@H](NC(=O)C2CCCCC(C3CCCCCCCCC3)CCC2)C1. The highest BCUT2D eigenvalue weighted by atomic mass is 16.1. The number of hydrogen-bond donors (Lipinski definition) is 1. The smallest absolute Gasteiger partial charge is 0.223 e. The van der Waals surface area contributed by atoms with Gasteiger partial charge in [-0.05, 0) is 31.1 Å². The number of nitriles is 1. The molecule has 2 unspecified atom stereocenters. The summed E-state index contributed by atoms with van der Waals surface area (Å²) in [7, 11) is 0. The average Bonchev–Trinajstić information content (AvgIpc) is 3.23. The van der Waals surface area contributed by atoms with E-state index in [2.05, 4.69) is 11.5 Å². The van der Waals surface area contributed by atoms with Crippen molar-refractivity contribution in [3.63, 3.8) is 0 Å². The van der Waals surface area contributed by atoms with E-state index in [0.717, 1.165) is 37.6 Å². The van der Waals surface area contributed by atoms with E-state index >= 15 is 0 Å². The van der Waals surface area contributed by atoms with Crippen LogP contribution in [0.1, 0.15) is 109 Å². The van der Waals surface area contributed by atoms with Crippen LogP contribution in [0.2, 0.25) is 0 Å². The van der Waals surface area contributed by atoms with Crippen LogP contribution in [0.15, 0.2) is 0 Å². The van der Waals surface area contributed by atoms with Gasteiger partial charge in [-0.1, -0.05) is 89.9 Å². The van der Waals surface area contributed by atoms with E-state index in [0.29, 0.717) is 6.54 Å². The van der Waals surface area contributed by atoms with Crippen LogP contribution < -0.4 is 5.32 Å². The third-order valence-electron chi connectivity index (χ3n) is 7.87. The molecule has 4 heteroatoms. The molecule has 0 aromatic heterocycles. The molecule has 0 aromatic carbocycles. The normalized spacial score (nSPS) is 31.1. The monoisotopic (exact) mass is 401 g/mol. The highest BCUT2D eigenvalue weighted by molar-refractivity contribution is 5.79. The summed E-state index contributed by atoms with van der Waals surface area (Å²) in [5.41, 5.74) is 0. The fourth-order valence-electron chi connectivity index (χ4n) is 6.05. The minimum absolute atomic E-state index is 0.172. The molecular weight excluding hydrogens is 358 g/mol. The average molecular weight is 402 g/mol. The van der Waals surface area contributed by atoms with E-state index in [4.69, 9.17) is 5.26 Å². The number of nitrogens with zero attached hydrogens (tertiary/aromatic N) is 2. The molecule has 0 radical (unpaired) electrons. The summed E-state index contributed by atoms with van der Waals surface area (Å²) < 4.78 is 0. The Balaban J connectivity index is 1.46. The summed E-state index contributed by atoms with van der Waals surface area (Å²) >= 11 is 0. The number of likely N-dealkylation sites (tertiary alicyclic amines) is 1. The Kier molecular flexibility index (Phi) is 9.64. The molecule has 3 rings (SSSR count). The minimum atomic E-state index is 0.172. The van der Waals surface area contributed by atoms with Crippen LogP contribution in [-0.4, -0.2) is 29.9 Å². The number of carbonyl (C=O) groups is 1. The maximum atomic E-state index is 12.9. The van der Waals surface area contributed by atoms with E-state index in [-0.39, 0.29) is 17.9 Å². The van der Waals surface area contributed by atoms with Gasteiger partial charge in [0.25, 0.3) is 0 Å². The zero-order valence-electron chi connectivity index (χ0n) is 18.5. The molecule has 0 bridgehead atoms. The first-order valence-corrected chi connectivity index (χ1v) is 12.7. The van der Waals surface area contributed by atoms with Crippen molar-refractivity contribution in [2.24, 2.45) is 17.8 Å². The summed E-state index contributed by atoms with van der Waals surface area (Å²) in [5, 5.41) is 12.3. The van der Waals surface area contributed by atoms with Gasteiger partial charge in [0.2, 0.25) is 5.91 Å². The van der Waals surface area contributed by atoms with Crippen molar-refractivity contribution in [1.82, 2.24) is 10.2 Å². The fraction of sp³-hybridized carbons (Fsp3) is 0.920. The van der Waals surface area contributed by atoms with Crippen LogP contribution in [-0.2, 0) is 4.79 Å². The maximum absolute atomic E-state index is 12.9. The van der Waals surface area contributed by atoms with E-state index in [1.165, 1.54) is 89.9 Å². The third kappa shape index (κ3) is 7.50. The molecule has 4 nitrogen and oxygen atoms in total. The number of rotatable bonds is 3. The Morgan fingerprint density at radius 2 is 1.24 bits per heavy atom. The van der Waals surface area contributed by atoms with Crippen molar-refractivity contribution in [2.75, 3.05) is 13.1 Å². The topological polar surface area (TPSA) is 56.1 Å². The fourth-order valence-corrected chi connectivity index (χ4v) is 6.05. The lowest BCUT2D eigenvalue weighted by Gasteiger charge is -2.28. The molecule has 164 valence electrons. The van der Waals surface area contributed by atoms with Gasteiger partial charge in [-0.2, -0.15) is 5.26 Å². The molecule has 1 aliphatic heterocycles. The predicted molar refractivity (Wildman–Crippen MR) is 118 cm³/mol. The van der Waals surface area contributed by atoms with Gasteiger partial charge < -0.3 is 10.2 Å². The van der Waals surface area contributed by atoms with Crippen molar-refractivity contribution >= 4 is 5.91 Å². The van der Waals surface area contributed by atoms with Gasteiger partial charge in [-0.25, -0.2) is 0 Å². The molecule has 1 amide bonds. The molecule has 3 atom stereocenters. The van der Waals surface area contributed by atoms with E-state index in [1.807, 2.05) is 0 Å². The van der Waals surface area contributed by atoms with Crippen LogP contribution in [0.25, 0.3) is 0 Å². The van der Waals surface area contributed by atoms with Crippen molar-refractivity contribution in [3.8, 4) is 6.19 Å². The second-order valence-electron chi connectivity index (χ2n) is 10.0. The van der Waals surface area contributed by atoms with Crippen LogP contribution in [0.5, 0.6) is 0 Å². The quantitative estimate of drug-likeness (QED) is 0.610. The lowest BCUT2D eigenvalue weighted by molar-refractivity contribution is -0.126. The van der Waals surface area contributed by atoms with Crippen LogP contribution in [0, 0.1) is 29.2 Å². The van der Waals surface area contributed by atoms with Crippen molar-refractivity contribution in [1.29, 1.82) is 5.26 Å². The number of carbonyl (C=O) groups excluding carboxylic acids is 1. The first-order valence-electron chi connectivity index (χ1n) is 12.7. The van der Waals surface area contributed by atoms with Crippen molar-refractivity contribution in [2.45, 2.75) is 115 Å². The molecule has 1 saturated heterocycles. The molecule has 1 N–H and O–H groups in total. The predicted octanol–water partition coefficient (Wildman–Crippen LogP) is 5.78. The first kappa shape index (κ1) is 22.4. The van der Waals surface area contributed by atoms with Crippen LogP contribution in [0.4, 0.5) is 0 Å². The molecule has 1 heterocycles. The zero-order chi connectivity index (χ0) is 20.3. The third-order valence-corrected chi connectivity index (χ3v) is 7.87. The summed E-state index contributed by atoms with van der Waals surface area (Å²) in [6.07, 6.45) is 24.7. The molecular formula is C25H43N3O. The molecule has 2 aliphatic carbocycles. The van der Waals surface area contributed by atoms with E-state index < -0.39 is 0 Å². The Morgan fingerprint density at radius 1 is 0.724 bits per heavy atom. The molecule has 2 saturated carbocycles. The van der Waals surface area contributed by atoms with Gasteiger partial charge in [0, 0.05) is 25.0 Å². The van der Waals surface area contributed by atoms with Gasteiger partial charge in [0.1, 0.15) is 0 Å². The summed E-state index contributed by atoms with van der Waals surface area (Å²) in [4.78, 5) is 14.6. The summed E-state index contributed by atoms with van der Waals surface area (Å²) in [6.45, 7) is 1.48. The van der Waals surface area contributed by atoms with E-state index in [1.54, 1.807) is 4.90 Å². The Labute approximate surface area is 178 Å². The lowest BCUT2D eigenvalue weighted by Crippen LogP contribution is -2.40. The largest absolute Gasteiger partial charge is 0.351 e. The second-order valence-corrected chi connectivity index (χ2v) is 10.0. The summed E-state index contributed by atoms with van der Waals surface area (Å²) in [6, 6.07) is 0.172. The van der Waals surface area contributed by atoms with Crippen LogP contribution >= 0.6 is 0 Å². The number of nitrogens with one attached hydrogen (secondary N) is 1.